The largest absolute Gasteiger partial charge is 0.497 e. The van der Waals surface area contributed by atoms with Crippen molar-refractivity contribution in [1.82, 2.24) is 25.5 Å². The third kappa shape index (κ3) is 3.86. The fourth-order valence-electron chi connectivity index (χ4n) is 2.12. The zero-order chi connectivity index (χ0) is 16.8. The number of hydrogen-bond donors (Lipinski definition) is 2. The fraction of sp³-hybridized carbons (Fsp3) is 0.125. The van der Waals surface area contributed by atoms with E-state index in [9.17, 15) is 4.79 Å². The zero-order valence-corrected chi connectivity index (χ0v) is 13.0. The molecular weight excluding hydrogens is 308 g/mol. The minimum atomic E-state index is -0.284. The Morgan fingerprint density at radius 1 is 1.21 bits per heavy atom. The van der Waals surface area contributed by atoms with Crippen LogP contribution in [0, 0.1) is 0 Å². The molecule has 0 fully saturated rings. The number of aromatic nitrogens is 4. The number of nitrogens with zero attached hydrogens (tertiary/aromatic N) is 4. The van der Waals surface area contributed by atoms with Crippen LogP contribution < -0.4 is 15.4 Å². The van der Waals surface area contributed by atoms with Crippen molar-refractivity contribution < 1.29 is 9.53 Å². The predicted octanol–water partition coefficient (Wildman–Crippen LogP) is 1.99. The lowest BCUT2D eigenvalue weighted by Gasteiger charge is -2.09. The first kappa shape index (κ1) is 15.5. The number of ether oxygens (including phenoxy) is 1. The zero-order valence-electron chi connectivity index (χ0n) is 13.0. The summed E-state index contributed by atoms with van der Waals surface area (Å²) in [4.78, 5) is 12.0. The average Bonchev–Trinajstić information content (AvgIpc) is 3.15. The van der Waals surface area contributed by atoms with E-state index in [2.05, 4.69) is 26.2 Å². The summed E-state index contributed by atoms with van der Waals surface area (Å²) in [5.41, 5.74) is 2.44. The lowest BCUT2D eigenvalue weighted by Crippen LogP contribution is -2.28. The second-order valence-corrected chi connectivity index (χ2v) is 4.96. The van der Waals surface area contributed by atoms with Crippen LogP contribution in [0.25, 0.3) is 5.69 Å². The van der Waals surface area contributed by atoms with Crippen LogP contribution >= 0.6 is 0 Å². The normalized spacial score (nSPS) is 10.2. The Hall–Kier alpha value is -3.42. The van der Waals surface area contributed by atoms with Crippen LogP contribution in [0.4, 0.5) is 10.5 Å². The predicted molar refractivity (Wildman–Crippen MR) is 88.0 cm³/mol. The number of tetrazole rings is 1. The number of urea groups is 1. The maximum Gasteiger partial charge on any atom is 0.319 e. The summed E-state index contributed by atoms with van der Waals surface area (Å²) >= 11 is 0. The molecular formula is C16H16N6O2. The monoisotopic (exact) mass is 324 g/mol. The Kier molecular flexibility index (Phi) is 4.66. The van der Waals surface area contributed by atoms with Gasteiger partial charge in [-0.25, -0.2) is 9.48 Å². The Morgan fingerprint density at radius 3 is 2.75 bits per heavy atom. The molecule has 0 radical (unpaired) electrons. The van der Waals surface area contributed by atoms with Crippen molar-refractivity contribution in [3.05, 3.63) is 60.4 Å². The van der Waals surface area contributed by atoms with Gasteiger partial charge in [0.25, 0.3) is 0 Å². The smallest absolute Gasteiger partial charge is 0.319 e. The highest BCUT2D eigenvalue weighted by Gasteiger charge is 2.04. The van der Waals surface area contributed by atoms with Gasteiger partial charge in [0.1, 0.15) is 12.1 Å². The number of carbonyl (C=O) groups is 1. The number of rotatable bonds is 5. The third-order valence-electron chi connectivity index (χ3n) is 3.33. The van der Waals surface area contributed by atoms with Crippen LogP contribution in [0.1, 0.15) is 5.56 Å². The first-order chi connectivity index (χ1) is 11.7. The highest BCUT2D eigenvalue weighted by molar-refractivity contribution is 5.89. The fourth-order valence-corrected chi connectivity index (χ4v) is 2.12. The minimum absolute atomic E-state index is 0.284. The average molecular weight is 324 g/mol. The highest BCUT2D eigenvalue weighted by Crippen LogP contribution is 2.13. The summed E-state index contributed by atoms with van der Waals surface area (Å²) in [6.07, 6.45) is 1.50. The maximum atomic E-state index is 12.0. The maximum absolute atomic E-state index is 12.0. The summed E-state index contributed by atoms with van der Waals surface area (Å²) in [7, 11) is 1.61. The van der Waals surface area contributed by atoms with Crippen molar-refractivity contribution in [3.63, 3.8) is 0 Å². The van der Waals surface area contributed by atoms with Gasteiger partial charge in [0.05, 0.1) is 12.8 Å². The topological polar surface area (TPSA) is 94.0 Å². The molecule has 0 aliphatic rings. The molecule has 0 bridgehead atoms. The van der Waals surface area contributed by atoms with E-state index in [1.54, 1.807) is 19.2 Å². The second kappa shape index (κ2) is 7.23. The number of benzene rings is 2. The molecule has 0 aliphatic heterocycles. The van der Waals surface area contributed by atoms with Crippen molar-refractivity contribution in [2.45, 2.75) is 6.54 Å². The van der Waals surface area contributed by atoms with Crippen molar-refractivity contribution in [2.24, 2.45) is 0 Å². The molecule has 24 heavy (non-hydrogen) atoms. The molecule has 2 N–H and O–H groups in total. The number of hydrogen-bond acceptors (Lipinski definition) is 5. The van der Waals surface area contributed by atoms with Crippen molar-refractivity contribution in [1.29, 1.82) is 0 Å². The second-order valence-electron chi connectivity index (χ2n) is 4.96. The number of anilines is 1. The van der Waals surface area contributed by atoms with E-state index in [1.165, 1.54) is 11.0 Å². The Bertz CT molecular complexity index is 802. The summed E-state index contributed by atoms with van der Waals surface area (Å²) in [6, 6.07) is 14.4. The lowest BCUT2D eigenvalue weighted by atomic mass is 10.2. The summed E-state index contributed by atoms with van der Waals surface area (Å²) in [6.45, 7) is 0.408. The van der Waals surface area contributed by atoms with Gasteiger partial charge in [-0.1, -0.05) is 12.1 Å². The van der Waals surface area contributed by atoms with E-state index in [-0.39, 0.29) is 6.03 Å². The number of amides is 2. The van der Waals surface area contributed by atoms with Crippen molar-refractivity contribution >= 4 is 11.7 Å². The van der Waals surface area contributed by atoms with Gasteiger partial charge in [-0.2, -0.15) is 0 Å². The van der Waals surface area contributed by atoms with Gasteiger partial charge in [0.15, 0.2) is 0 Å². The molecule has 8 heteroatoms. The molecule has 1 aromatic heterocycles. The van der Waals surface area contributed by atoms with E-state index < -0.39 is 0 Å². The van der Waals surface area contributed by atoms with Gasteiger partial charge >= 0.3 is 6.03 Å². The molecule has 2 amide bonds. The van der Waals surface area contributed by atoms with Crippen molar-refractivity contribution in [2.75, 3.05) is 12.4 Å². The van der Waals surface area contributed by atoms with E-state index in [4.69, 9.17) is 4.74 Å². The van der Waals surface area contributed by atoms with Crippen LogP contribution in [-0.4, -0.2) is 33.3 Å². The molecule has 0 saturated heterocycles. The summed E-state index contributed by atoms with van der Waals surface area (Å²) in [5, 5.41) is 16.5. The first-order valence-corrected chi connectivity index (χ1v) is 7.26. The van der Waals surface area contributed by atoms with Crippen LogP contribution in [0.5, 0.6) is 5.75 Å². The standard InChI is InChI=1S/C16H16N6O2/c1-24-15-4-2-3-12(9-15)10-17-16(23)19-13-5-7-14(8-6-13)22-11-18-20-21-22/h2-9,11H,10H2,1H3,(H2,17,19,23). The third-order valence-corrected chi connectivity index (χ3v) is 3.33. The summed E-state index contributed by atoms with van der Waals surface area (Å²) < 4.78 is 6.69. The molecule has 8 nitrogen and oxygen atoms in total. The number of nitrogens with one attached hydrogen (secondary N) is 2. The SMILES string of the molecule is COc1cccc(CNC(=O)Nc2ccc(-n3cnnn3)cc2)c1. The molecule has 1 heterocycles. The quantitative estimate of drug-likeness (QED) is 0.748. The molecule has 122 valence electrons. The highest BCUT2D eigenvalue weighted by atomic mass is 16.5. The Morgan fingerprint density at radius 2 is 2.04 bits per heavy atom. The number of carbonyl (C=O) groups excluding carboxylic acids is 1. The lowest BCUT2D eigenvalue weighted by molar-refractivity contribution is 0.251. The molecule has 0 atom stereocenters. The van der Waals surface area contributed by atoms with Crippen LogP contribution in [0.15, 0.2) is 54.9 Å². The molecule has 0 spiro atoms. The Balaban J connectivity index is 1.54. The van der Waals surface area contributed by atoms with Gasteiger partial charge < -0.3 is 15.4 Å². The Labute approximate surface area is 138 Å². The molecule has 0 unspecified atom stereocenters. The van der Waals surface area contributed by atoms with Gasteiger partial charge in [-0.15, -0.1) is 5.10 Å². The van der Waals surface area contributed by atoms with Gasteiger partial charge in [-0.05, 0) is 52.4 Å². The number of methoxy groups -OCH3 is 1. The summed E-state index contributed by atoms with van der Waals surface area (Å²) in [5.74, 6) is 0.757. The van der Waals surface area contributed by atoms with Gasteiger partial charge in [-0.3, -0.25) is 0 Å². The van der Waals surface area contributed by atoms with Crippen LogP contribution in [-0.2, 0) is 6.54 Å². The van der Waals surface area contributed by atoms with E-state index in [0.717, 1.165) is 17.0 Å². The first-order valence-electron chi connectivity index (χ1n) is 7.26. The minimum Gasteiger partial charge on any atom is -0.497 e. The van der Waals surface area contributed by atoms with E-state index in [1.807, 2.05) is 36.4 Å². The molecule has 2 aromatic carbocycles. The van der Waals surface area contributed by atoms with Crippen LogP contribution in [0.2, 0.25) is 0 Å². The molecule has 0 saturated carbocycles. The molecule has 3 aromatic rings. The van der Waals surface area contributed by atoms with E-state index >= 15 is 0 Å². The van der Waals surface area contributed by atoms with Gasteiger partial charge in [0.2, 0.25) is 0 Å². The van der Waals surface area contributed by atoms with Crippen molar-refractivity contribution in [3.8, 4) is 11.4 Å². The molecule has 3 rings (SSSR count). The molecule has 0 aliphatic carbocycles. The van der Waals surface area contributed by atoms with Gasteiger partial charge in [0, 0.05) is 12.2 Å². The van der Waals surface area contributed by atoms with Crippen LogP contribution in [0.3, 0.4) is 0 Å². The van der Waals surface area contributed by atoms with E-state index in [0.29, 0.717) is 12.2 Å².